The van der Waals surface area contributed by atoms with Gasteiger partial charge in [-0.15, -0.1) is 0 Å². The summed E-state index contributed by atoms with van der Waals surface area (Å²) in [5.74, 6) is 1.42. The van der Waals surface area contributed by atoms with Gasteiger partial charge >= 0.3 is 6.18 Å². The van der Waals surface area contributed by atoms with E-state index in [1.165, 1.54) is 19.4 Å². The lowest BCUT2D eigenvalue weighted by molar-refractivity contribution is -0.137. The van der Waals surface area contributed by atoms with Crippen LogP contribution in [0.5, 0.6) is 17.2 Å². The van der Waals surface area contributed by atoms with Gasteiger partial charge in [0.05, 0.1) is 23.8 Å². The van der Waals surface area contributed by atoms with Gasteiger partial charge in [0.2, 0.25) is 0 Å². The summed E-state index contributed by atoms with van der Waals surface area (Å²) in [4.78, 5) is 25.4. The lowest BCUT2D eigenvalue weighted by atomic mass is 10.1. The maximum atomic E-state index is 13.4. The van der Waals surface area contributed by atoms with Gasteiger partial charge in [0.15, 0.2) is 5.75 Å². The summed E-state index contributed by atoms with van der Waals surface area (Å²) in [7, 11) is 1.53. The Balaban J connectivity index is 1.51. The SMILES string of the molecule is COc1ccc2c(c1)C(N1CCCN(C(=O)c3cccnc3Cl)CC1)=Nc1cc(C(F)(F)F)ccc1O2. The van der Waals surface area contributed by atoms with Crippen LogP contribution in [-0.4, -0.2) is 59.8 Å². The molecule has 0 N–H and O–H groups in total. The third-order valence-corrected chi connectivity index (χ3v) is 6.53. The number of halogens is 4. The molecule has 1 saturated heterocycles. The molecule has 0 bridgehead atoms. The second kappa shape index (κ2) is 9.93. The van der Waals surface area contributed by atoms with Crippen molar-refractivity contribution >= 4 is 29.0 Å². The number of carbonyl (C=O) groups excluding carboxylic acids is 1. The smallest absolute Gasteiger partial charge is 0.416 e. The van der Waals surface area contributed by atoms with E-state index in [1.807, 2.05) is 4.90 Å². The molecule has 0 saturated carbocycles. The number of pyridine rings is 1. The highest BCUT2D eigenvalue weighted by molar-refractivity contribution is 6.32. The average Bonchev–Trinajstić information content (AvgIpc) is 3.22. The van der Waals surface area contributed by atoms with E-state index in [-0.39, 0.29) is 22.5 Å². The third kappa shape index (κ3) is 5.06. The predicted octanol–water partition coefficient (Wildman–Crippen LogP) is 5.79. The van der Waals surface area contributed by atoms with Crippen molar-refractivity contribution in [3.05, 3.63) is 76.6 Å². The zero-order valence-corrected chi connectivity index (χ0v) is 20.5. The highest BCUT2D eigenvalue weighted by Crippen LogP contribution is 2.42. The topological polar surface area (TPSA) is 67.3 Å². The van der Waals surface area contributed by atoms with E-state index in [9.17, 15) is 18.0 Å². The van der Waals surface area contributed by atoms with Crippen LogP contribution in [0, 0.1) is 0 Å². The molecule has 2 aromatic carbocycles. The molecule has 0 spiro atoms. The second-order valence-electron chi connectivity index (χ2n) is 8.55. The number of amidine groups is 1. The molecule has 5 rings (SSSR count). The van der Waals surface area contributed by atoms with Crippen molar-refractivity contribution in [3.8, 4) is 17.2 Å². The molecule has 0 unspecified atom stereocenters. The predicted molar refractivity (Wildman–Crippen MR) is 132 cm³/mol. The number of rotatable bonds is 2. The monoisotopic (exact) mass is 530 g/mol. The Morgan fingerprint density at radius 1 is 1.05 bits per heavy atom. The molecule has 3 aromatic rings. The van der Waals surface area contributed by atoms with Crippen LogP contribution in [0.2, 0.25) is 5.15 Å². The summed E-state index contributed by atoms with van der Waals surface area (Å²) in [5, 5.41) is 0.136. The number of carbonyl (C=O) groups is 1. The van der Waals surface area contributed by atoms with Crippen molar-refractivity contribution in [2.75, 3.05) is 33.3 Å². The van der Waals surface area contributed by atoms with Crippen LogP contribution < -0.4 is 9.47 Å². The summed E-state index contributed by atoms with van der Waals surface area (Å²) in [6.07, 6.45) is -2.40. The summed E-state index contributed by atoms with van der Waals surface area (Å²) in [5.41, 5.74) is 0.155. The normalized spacial score (nSPS) is 15.5. The highest BCUT2D eigenvalue weighted by atomic mass is 35.5. The molecule has 192 valence electrons. The number of ether oxygens (including phenoxy) is 2. The van der Waals surface area contributed by atoms with Crippen molar-refractivity contribution in [2.45, 2.75) is 12.6 Å². The van der Waals surface area contributed by atoms with Crippen LogP contribution in [0.4, 0.5) is 18.9 Å². The van der Waals surface area contributed by atoms with Crippen LogP contribution in [0.25, 0.3) is 0 Å². The molecule has 37 heavy (non-hydrogen) atoms. The Bertz CT molecular complexity index is 1380. The maximum Gasteiger partial charge on any atom is 0.416 e. The number of hydrogen-bond donors (Lipinski definition) is 0. The molecule has 2 aliphatic rings. The fraction of sp³-hybridized carbons (Fsp3) is 0.269. The molecule has 2 aliphatic heterocycles. The number of nitrogens with zero attached hydrogens (tertiary/aromatic N) is 4. The zero-order chi connectivity index (χ0) is 26.2. The minimum absolute atomic E-state index is 0.0688. The van der Waals surface area contributed by atoms with Crippen LogP contribution in [-0.2, 0) is 6.18 Å². The molecule has 7 nitrogen and oxygen atoms in total. The van der Waals surface area contributed by atoms with Gasteiger partial charge in [-0.25, -0.2) is 9.98 Å². The summed E-state index contributed by atoms with van der Waals surface area (Å²) in [6.45, 7) is 1.75. The molecule has 3 heterocycles. The van der Waals surface area contributed by atoms with Crippen molar-refractivity contribution < 1.29 is 27.4 Å². The first kappa shape index (κ1) is 24.9. The van der Waals surface area contributed by atoms with E-state index >= 15 is 0 Å². The van der Waals surface area contributed by atoms with Crippen LogP contribution in [0.15, 0.2) is 59.7 Å². The maximum absolute atomic E-state index is 13.4. The number of benzene rings is 2. The van der Waals surface area contributed by atoms with Crippen molar-refractivity contribution in [3.63, 3.8) is 0 Å². The van der Waals surface area contributed by atoms with E-state index < -0.39 is 11.7 Å². The second-order valence-corrected chi connectivity index (χ2v) is 8.91. The van der Waals surface area contributed by atoms with E-state index in [0.29, 0.717) is 61.1 Å². The number of amides is 1. The largest absolute Gasteiger partial charge is 0.497 e. The first-order valence-electron chi connectivity index (χ1n) is 11.6. The lowest BCUT2D eigenvalue weighted by Crippen LogP contribution is -2.37. The summed E-state index contributed by atoms with van der Waals surface area (Å²) >= 11 is 6.13. The van der Waals surface area contributed by atoms with E-state index in [2.05, 4.69) is 9.98 Å². The van der Waals surface area contributed by atoms with Crippen LogP contribution >= 0.6 is 11.6 Å². The Kier molecular flexibility index (Phi) is 6.68. The summed E-state index contributed by atoms with van der Waals surface area (Å²) < 4.78 is 51.7. The highest BCUT2D eigenvalue weighted by Gasteiger charge is 2.33. The van der Waals surface area contributed by atoms with Gasteiger partial charge in [0.25, 0.3) is 5.91 Å². The lowest BCUT2D eigenvalue weighted by Gasteiger charge is -2.25. The molecule has 0 aliphatic carbocycles. The minimum atomic E-state index is -4.52. The zero-order valence-electron chi connectivity index (χ0n) is 19.8. The number of fused-ring (bicyclic) bond motifs is 2. The average molecular weight is 531 g/mol. The van der Waals surface area contributed by atoms with Gasteiger partial charge in [0.1, 0.15) is 28.2 Å². The fourth-order valence-corrected chi connectivity index (χ4v) is 4.55. The third-order valence-electron chi connectivity index (χ3n) is 6.23. The number of alkyl halides is 3. The molecule has 1 aromatic heterocycles. The number of methoxy groups -OCH3 is 1. The first-order chi connectivity index (χ1) is 17.7. The fourth-order valence-electron chi connectivity index (χ4n) is 4.35. The Morgan fingerprint density at radius 3 is 2.62 bits per heavy atom. The first-order valence-corrected chi connectivity index (χ1v) is 11.9. The Morgan fingerprint density at radius 2 is 1.86 bits per heavy atom. The van der Waals surface area contributed by atoms with Gasteiger partial charge in [-0.2, -0.15) is 13.2 Å². The standard InChI is InChI=1S/C26H22ClF3N4O3/c1-36-17-6-8-21-19(15-17)24(32-20-14-16(26(28,29)30)5-7-22(20)37-21)33-10-3-11-34(13-12-33)25(35)18-4-2-9-31-23(18)27/h2,4-9,14-15H,3,10-13H2,1H3. The molecule has 1 amide bonds. The van der Waals surface area contributed by atoms with Gasteiger partial charge < -0.3 is 19.3 Å². The minimum Gasteiger partial charge on any atom is -0.497 e. The van der Waals surface area contributed by atoms with Crippen molar-refractivity contribution in [1.82, 2.24) is 14.8 Å². The quantitative estimate of drug-likeness (QED) is 0.392. The van der Waals surface area contributed by atoms with Crippen LogP contribution in [0.3, 0.4) is 0 Å². The molecular formula is C26H22ClF3N4O3. The number of aromatic nitrogens is 1. The molecule has 0 atom stereocenters. The van der Waals surface area contributed by atoms with Gasteiger partial charge in [-0.05, 0) is 55.0 Å². The van der Waals surface area contributed by atoms with E-state index in [1.54, 1.807) is 35.2 Å². The molecule has 0 radical (unpaired) electrons. The Labute approximate surface area is 216 Å². The van der Waals surface area contributed by atoms with Crippen molar-refractivity contribution in [1.29, 1.82) is 0 Å². The summed E-state index contributed by atoms with van der Waals surface area (Å²) in [6, 6.07) is 11.7. The van der Waals surface area contributed by atoms with Crippen molar-refractivity contribution in [2.24, 2.45) is 4.99 Å². The van der Waals surface area contributed by atoms with E-state index in [4.69, 9.17) is 21.1 Å². The molecular weight excluding hydrogens is 509 g/mol. The van der Waals surface area contributed by atoms with Gasteiger partial charge in [0, 0.05) is 32.4 Å². The van der Waals surface area contributed by atoms with Gasteiger partial charge in [-0.3, -0.25) is 4.79 Å². The Hall–Kier alpha value is -3.79. The van der Waals surface area contributed by atoms with E-state index in [0.717, 1.165) is 12.1 Å². The molecule has 1 fully saturated rings. The number of aliphatic imine (C=N–C) groups is 1. The number of hydrogen-bond acceptors (Lipinski definition) is 6. The molecule has 11 heteroatoms. The van der Waals surface area contributed by atoms with Crippen LogP contribution in [0.1, 0.15) is 27.9 Å². The van der Waals surface area contributed by atoms with Gasteiger partial charge in [-0.1, -0.05) is 11.6 Å².